The van der Waals surface area contributed by atoms with Gasteiger partial charge < -0.3 is 18.9 Å². The second-order valence-corrected chi connectivity index (χ2v) is 5.88. The van der Waals surface area contributed by atoms with Crippen molar-refractivity contribution < 1.29 is 14.0 Å². The molecule has 0 aliphatic heterocycles. The van der Waals surface area contributed by atoms with Crippen LogP contribution in [0.5, 0.6) is 11.5 Å². The number of hydrogen-bond acceptors (Lipinski definition) is 6. The van der Waals surface area contributed by atoms with Crippen LogP contribution in [0.25, 0.3) is 11.4 Å². The molecular weight excluding hydrogens is 330 g/mol. The van der Waals surface area contributed by atoms with E-state index < -0.39 is 0 Å². The summed E-state index contributed by atoms with van der Waals surface area (Å²) in [5, 5.41) is 4.12. The van der Waals surface area contributed by atoms with Crippen LogP contribution in [0.15, 0.2) is 47.0 Å². The van der Waals surface area contributed by atoms with Gasteiger partial charge >= 0.3 is 0 Å². The molecule has 0 fully saturated rings. The molecule has 0 aliphatic rings. The molecule has 0 saturated heterocycles. The predicted octanol–water partition coefficient (Wildman–Crippen LogP) is 4.09. The van der Waals surface area contributed by atoms with Crippen molar-refractivity contribution in [3.63, 3.8) is 0 Å². The van der Waals surface area contributed by atoms with Gasteiger partial charge in [0, 0.05) is 18.3 Å². The molecule has 0 spiro atoms. The van der Waals surface area contributed by atoms with Gasteiger partial charge in [-0.2, -0.15) is 4.98 Å². The van der Waals surface area contributed by atoms with Gasteiger partial charge in [-0.25, -0.2) is 0 Å². The minimum atomic E-state index is 0.500. The quantitative estimate of drug-likeness (QED) is 0.638. The van der Waals surface area contributed by atoms with E-state index in [1.54, 1.807) is 20.3 Å². The Morgan fingerprint density at radius 2 is 1.88 bits per heavy atom. The summed E-state index contributed by atoms with van der Waals surface area (Å²) >= 11 is 0. The molecule has 6 nitrogen and oxygen atoms in total. The molecule has 26 heavy (non-hydrogen) atoms. The first kappa shape index (κ1) is 17.8. The average Bonchev–Trinajstić information content (AvgIpc) is 3.14. The molecule has 0 radical (unpaired) electrons. The summed E-state index contributed by atoms with van der Waals surface area (Å²) in [6.07, 6.45) is 0. The summed E-state index contributed by atoms with van der Waals surface area (Å²) < 4.78 is 16.1. The van der Waals surface area contributed by atoms with Crippen LogP contribution in [-0.4, -0.2) is 30.9 Å². The first-order valence-corrected chi connectivity index (χ1v) is 8.51. The highest BCUT2D eigenvalue weighted by atomic mass is 16.5. The van der Waals surface area contributed by atoms with Crippen LogP contribution < -0.4 is 14.4 Å². The van der Waals surface area contributed by atoms with E-state index in [-0.39, 0.29) is 0 Å². The topological polar surface area (TPSA) is 60.6 Å². The molecule has 0 N–H and O–H groups in total. The number of rotatable bonds is 7. The van der Waals surface area contributed by atoms with Gasteiger partial charge in [0.25, 0.3) is 0 Å². The number of hydrogen-bond donors (Lipinski definition) is 0. The number of aromatic nitrogens is 2. The third-order valence-electron chi connectivity index (χ3n) is 4.28. The van der Waals surface area contributed by atoms with E-state index in [1.807, 2.05) is 24.3 Å². The Labute approximate surface area is 153 Å². The lowest BCUT2D eigenvalue weighted by molar-refractivity contribution is 0.376. The van der Waals surface area contributed by atoms with E-state index in [1.165, 1.54) is 5.56 Å². The molecule has 0 saturated carbocycles. The zero-order valence-corrected chi connectivity index (χ0v) is 15.5. The highest BCUT2D eigenvalue weighted by Crippen LogP contribution is 2.31. The molecule has 0 bridgehead atoms. The Bertz CT molecular complexity index is 876. The van der Waals surface area contributed by atoms with Crippen molar-refractivity contribution in [3.05, 3.63) is 53.9 Å². The highest BCUT2D eigenvalue weighted by molar-refractivity contribution is 5.65. The predicted molar refractivity (Wildman–Crippen MR) is 101 cm³/mol. The average molecular weight is 353 g/mol. The van der Waals surface area contributed by atoms with Crippen molar-refractivity contribution in [1.82, 2.24) is 10.1 Å². The van der Waals surface area contributed by atoms with Crippen LogP contribution in [-0.2, 0) is 6.54 Å². The molecule has 0 aliphatic carbocycles. The van der Waals surface area contributed by atoms with Gasteiger partial charge in [-0.05, 0) is 37.6 Å². The molecule has 0 atom stereocenters. The van der Waals surface area contributed by atoms with Crippen molar-refractivity contribution in [3.8, 4) is 22.9 Å². The number of anilines is 1. The van der Waals surface area contributed by atoms with Crippen LogP contribution in [0, 0.1) is 6.92 Å². The summed E-state index contributed by atoms with van der Waals surface area (Å²) in [6.45, 7) is 5.59. The third kappa shape index (κ3) is 3.64. The van der Waals surface area contributed by atoms with Crippen molar-refractivity contribution in [1.29, 1.82) is 0 Å². The summed E-state index contributed by atoms with van der Waals surface area (Å²) in [4.78, 5) is 6.75. The second-order valence-electron chi connectivity index (χ2n) is 5.88. The number of aryl methyl sites for hydroxylation is 1. The minimum Gasteiger partial charge on any atom is -0.497 e. The van der Waals surface area contributed by atoms with Gasteiger partial charge in [0.1, 0.15) is 11.5 Å². The largest absolute Gasteiger partial charge is 0.497 e. The van der Waals surface area contributed by atoms with Crippen molar-refractivity contribution >= 4 is 5.69 Å². The molecule has 1 heterocycles. The van der Waals surface area contributed by atoms with Crippen molar-refractivity contribution in [2.24, 2.45) is 0 Å². The minimum absolute atomic E-state index is 0.500. The first-order valence-electron chi connectivity index (χ1n) is 8.51. The van der Waals surface area contributed by atoms with Crippen molar-refractivity contribution in [2.75, 3.05) is 25.7 Å². The van der Waals surface area contributed by atoms with Gasteiger partial charge in [0.2, 0.25) is 11.7 Å². The van der Waals surface area contributed by atoms with Crippen LogP contribution in [0.1, 0.15) is 18.4 Å². The molecule has 0 amide bonds. The number of nitrogens with zero attached hydrogens (tertiary/aromatic N) is 3. The summed E-state index contributed by atoms with van der Waals surface area (Å²) in [5.74, 6) is 2.41. The third-order valence-corrected chi connectivity index (χ3v) is 4.28. The van der Waals surface area contributed by atoms with Gasteiger partial charge in [-0.1, -0.05) is 23.4 Å². The normalized spacial score (nSPS) is 10.6. The highest BCUT2D eigenvalue weighted by Gasteiger charge is 2.17. The zero-order valence-electron chi connectivity index (χ0n) is 15.5. The number of ether oxygens (including phenoxy) is 2. The summed E-state index contributed by atoms with van der Waals surface area (Å²) in [6, 6.07) is 13.8. The van der Waals surface area contributed by atoms with Gasteiger partial charge in [-0.3, -0.25) is 0 Å². The van der Waals surface area contributed by atoms with E-state index in [0.717, 1.165) is 17.8 Å². The van der Waals surface area contributed by atoms with Gasteiger partial charge in [0.05, 0.1) is 26.3 Å². The Hall–Kier alpha value is -3.02. The molecule has 6 heteroatoms. The van der Waals surface area contributed by atoms with E-state index in [0.29, 0.717) is 29.8 Å². The lowest BCUT2D eigenvalue weighted by Gasteiger charge is -2.22. The second kappa shape index (κ2) is 7.91. The van der Waals surface area contributed by atoms with Crippen molar-refractivity contribution in [2.45, 2.75) is 20.4 Å². The molecule has 3 rings (SSSR count). The number of benzene rings is 2. The molecular formula is C20H23N3O3. The molecule has 3 aromatic rings. The van der Waals surface area contributed by atoms with Crippen LogP contribution >= 0.6 is 0 Å². The van der Waals surface area contributed by atoms with Gasteiger partial charge in [-0.15, -0.1) is 0 Å². The number of methoxy groups -OCH3 is 2. The maximum absolute atomic E-state index is 5.48. The van der Waals surface area contributed by atoms with Crippen LogP contribution in [0.3, 0.4) is 0 Å². The maximum atomic E-state index is 5.48. The molecule has 136 valence electrons. The zero-order chi connectivity index (χ0) is 18.5. The van der Waals surface area contributed by atoms with Gasteiger partial charge in [0.15, 0.2) is 0 Å². The monoisotopic (exact) mass is 353 g/mol. The fraction of sp³-hybridized carbons (Fsp3) is 0.300. The smallest absolute Gasteiger partial charge is 0.246 e. The Balaban J connectivity index is 1.85. The first-order chi connectivity index (χ1) is 12.7. The van der Waals surface area contributed by atoms with E-state index >= 15 is 0 Å². The van der Waals surface area contributed by atoms with E-state index in [4.69, 9.17) is 14.0 Å². The SMILES string of the molecule is CCN(Cc1nc(-c2ccc(OC)cc2OC)no1)c1ccccc1C. The lowest BCUT2D eigenvalue weighted by atomic mass is 10.1. The Kier molecular flexibility index (Phi) is 5.41. The van der Waals surface area contributed by atoms with Crippen LogP contribution in [0.4, 0.5) is 5.69 Å². The molecule has 1 aromatic heterocycles. The standard InChI is InChI=1S/C20H23N3O3/c1-5-23(17-9-7-6-8-14(17)2)13-19-21-20(22-26-19)16-11-10-15(24-3)12-18(16)25-4/h6-12H,5,13H2,1-4H3. The Morgan fingerprint density at radius 1 is 1.08 bits per heavy atom. The molecule has 0 unspecified atom stereocenters. The fourth-order valence-electron chi connectivity index (χ4n) is 2.86. The van der Waals surface area contributed by atoms with E-state index in [9.17, 15) is 0 Å². The Morgan fingerprint density at radius 3 is 2.58 bits per heavy atom. The van der Waals surface area contributed by atoms with Crippen LogP contribution in [0.2, 0.25) is 0 Å². The fourth-order valence-corrected chi connectivity index (χ4v) is 2.86. The maximum Gasteiger partial charge on any atom is 0.246 e. The molecule has 2 aromatic carbocycles. The number of para-hydroxylation sites is 1. The summed E-state index contributed by atoms with van der Waals surface area (Å²) in [7, 11) is 3.22. The van der Waals surface area contributed by atoms with E-state index in [2.05, 4.69) is 41.0 Å². The summed E-state index contributed by atoms with van der Waals surface area (Å²) in [5.41, 5.74) is 3.14. The lowest BCUT2D eigenvalue weighted by Crippen LogP contribution is -2.23.